The van der Waals surface area contributed by atoms with Gasteiger partial charge in [0, 0.05) is 22.4 Å². The lowest BCUT2D eigenvalue weighted by atomic mass is 9.70. The van der Waals surface area contributed by atoms with Crippen LogP contribution in [0.1, 0.15) is 36.1 Å². The van der Waals surface area contributed by atoms with E-state index in [0.29, 0.717) is 29.2 Å². The largest absolute Gasteiger partial charge is 0.697 e. The molecule has 5 aliphatic rings. The Balaban J connectivity index is 1.02. The number of aromatic nitrogens is 6. The fourth-order valence-electron chi connectivity index (χ4n) is 6.40. The SMILES string of the molecule is C[C@@H]1[C@@H]2O[P+](=O)OC[C@H]3C[C@@H](n4cnc5c4N=C4NN=NC4C5=O)[C@@H]3COP(O)(=S)OC[C@H]2O[C@H]1n1cnc2c(N)ncnc21. The summed E-state index contributed by atoms with van der Waals surface area (Å²) in [6.45, 7) is -2.02. The van der Waals surface area contributed by atoms with Crippen LogP contribution in [0.5, 0.6) is 0 Å². The van der Waals surface area contributed by atoms with Crippen molar-refractivity contribution in [1.29, 1.82) is 0 Å². The summed E-state index contributed by atoms with van der Waals surface area (Å²) in [4.78, 5) is 45.3. The van der Waals surface area contributed by atoms with E-state index in [0.717, 1.165) is 0 Å². The number of nitrogens with one attached hydrogen (secondary N) is 1. The number of amidine groups is 1. The quantitative estimate of drug-likeness (QED) is 0.328. The number of aliphatic imine (C=N–C) groups is 1. The number of Topliss-reactive ketones (excluding diaryl/α,β-unsaturated/α-hetero) is 1. The first-order valence-electron chi connectivity index (χ1n) is 14.0. The van der Waals surface area contributed by atoms with Crippen molar-refractivity contribution in [2.75, 3.05) is 25.6 Å². The van der Waals surface area contributed by atoms with Crippen LogP contribution in [0.25, 0.3) is 11.2 Å². The van der Waals surface area contributed by atoms with Crippen LogP contribution < -0.4 is 11.2 Å². The molecule has 10 atom stereocenters. The summed E-state index contributed by atoms with van der Waals surface area (Å²) < 4.78 is 46.1. The van der Waals surface area contributed by atoms with E-state index in [1.54, 1.807) is 15.5 Å². The van der Waals surface area contributed by atoms with E-state index in [1.165, 1.54) is 12.7 Å². The van der Waals surface area contributed by atoms with Gasteiger partial charge >= 0.3 is 15.0 Å². The normalized spacial score (nSPS) is 37.2. The molecule has 0 aromatic carbocycles. The minimum Gasteiger partial charge on any atom is -0.382 e. The van der Waals surface area contributed by atoms with Gasteiger partial charge in [-0.1, -0.05) is 12.1 Å². The van der Waals surface area contributed by atoms with Crippen LogP contribution in [0.4, 0.5) is 11.6 Å². The Morgan fingerprint density at radius 3 is 2.84 bits per heavy atom. The number of fused-ring (bicyclic) bond motifs is 5. The number of hydrogen-bond acceptors (Lipinski definition) is 17. The molecule has 3 aromatic rings. The van der Waals surface area contributed by atoms with Crippen molar-refractivity contribution in [2.45, 2.75) is 43.9 Å². The zero-order chi connectivity index (χ0) is 31.0. The lowest BCUT2D eigenvalue weighted by Gasteiger charge is -2.44. The number of ketones is 1. The van der Waals surface area contributed by atoms with Gasteiger partial charge in [0.05, 0.1) is 25.9 Å². The fourth-order valence-corrected chi connectivity index (χ4v) is 8.44. The average Bonchev–Trinajstić information content (AvgIpc) is 3.79. The lowest BCUT2D eigenvalue weighted by Crippen LogP contribution is -2.43. The van der Waals surface area contributed by atoms with Crippen molar-refractivity contribution in [3.63, 3.8) is 0 Å². The highest BCUT2D eigenvalue weighted by Gasteiger charge is 2.52. The van der Waals surface area contributed by atoms with Crippen LogP contribution in [-0.4, -0.2) is 83.7 Å². The molecule has 0 amide bonds. The van der Waals surface area contributed by atoms with Crippen LogP contribution in [0.2, 0.25) is 0 Å². The molecular weight excluding hydrogens is 652 g/mol. The van der Waals surface area contributed by atoms with E-state index in [1.807, 2.05) is 6.92 Å². The van der Waals surface area contributed by atoms with E-state index in [-0.39, 0.29) is 60.9 Å². The third-order valence-electron chi connectivity index (χ3n) is 8.82. The van der Waals surface area contributed by atoms with Gasteiger partial charge in [0.15, 0.2) is 41.0 Å². The Kier molecular flexibility index (Phi) is 7.12. The molecule has 3 aromatic heterocycles. The monoisotopic (exact) mass is 678 g/mol. The predicted octanol–water partition coefficient (Wildman–Crippen LogP) is 1.90. The first-order chi connectivity index (χ1) is 21.7. The van der Waals surface area contributed by atoms with Crippen molar-refractivity contribution in [2.24, 2.45) is 33.1 Å². The van der Waals surface area contributed by atoms with Crippen LogP contribution in [0.3, 0.4) is 0 Å². The number of imidazole rings is 2. The van der Waals surface area contributed by atoms with Crippen LogP contribution in [0.15, 0.2) is 34.3 Å². The molecule has 2 saturated heterocycles. The summed E-state index contributed by atoms with van der Waals surface area (Å²) in [5.41, 5.74) is 9.67. The number of nitrogens with two attached hydrogens (primary N) is 1. The van der Waals surface area contributed by atoms with E-state index in [2.05, 4.69) is 40.7 Å². The van der Waals surface area contributed by atoms with Gasteiger partial charge in [-0.25, -0.2) is 30.4 Å². The van der Waals surface area contributed by atoms with Gasteiger partial charge in [-0.05, 0) is 24.1 Å². The molecule has 7 heterocycles. The van der Waals surface area contributed by atoms with E-state index in [9.17, 15) is 14.3 Å². The second kappa shape index (κ2) is 11.0. The van der Waals surface area contributed by atoms with Gasteiger partial charge in [0.25, 0.3) is 0 Å². The predicted molar refractivity (Wildman–Crippen MR) is 156 cm³/mol. The molecule has 22 heteroatoms. The van der Waals surface area contributed by atoms with Crippen molar-refractivity contribution in [3.05, 3.63) is 24.7 Å². The van der Waals surface area contributed by atoms with Gasteiger partial charge in [-0.2, -0.15) is 5.11 Å². The van der Waals surface area contributed by atoms with Gasteiger partial charge in [0.2, 0.25) is 5.78 Å². The molecule has 4 aliphatic heterocycles. The minimum absolute atomic E-state index is 0.00323. The number of hydrogen-bond donors (Lipinski definition) is 3. The molecule has 4 N–H and O–H groups in total. The topological polar surface area (TPSA) is 237 Å². The highest BCUT2D eigenvalue weighted by Crippen LogP contribution is 2.53. The molecule has 0 spiro atoms. The number of carbonyl (C=O) groups excluding carboxylic acids is 1. The zero-order valence-corrected chi connectivity index (χ0v) is 26.0. The first kappa shape index (κ1) is 29.2. The Bertz CT molecular complexity index is 1830. The van der Waals surface area contributed by atoms with Gasteiger partial charge in [0.1, 0.15) is 30.8 Å². The Hall–Kier alpha value is -3.19. The van der Waals surface area contributed by atoms with Crippen LogP contribution >= 0.6 is 15.0 Å². The Morgan fingerprint density at radius 1 is 1.16 bits per heavy atom. The highest BCUT2D eigenvalue weighted by molar-refractivity contribution is 8.07. The van der Waals surface area contributed by atoms with Crippen LogP contribution in [0, 0.1) is 17.8 Å². The summed E-state index contributed by atoms with van der Waals surface area (Å²) in [7, 11) is -2.57. The van der Waals surface area contributed by atoms with Crippen molar-refractivity contribution in [3.8, 4) is 0 Å². The van der Waals surface area contributed by atoms with Crippen molar-refractivity contribution >= 4 is 61.2 Å². The number of rotatable bonds is 2. The van der Waals surface area contributed by atoms with Gasteiger partial charge in [-0.3, -0.25) is 9.36 Å². The summed E-state index contributed by atoms with van der Waals surface area (Å²) in [5, 5.41) is 7.57. The number of nitrogens with zero attached hydrogens (tertiary/aromatic N) is 9. The molecule has 1 saturated carbocycles. The maximum Gasteiger partial charge on any atom is 0.697 e. The van der Waals surface area contributed by atoms with E-state index in [4.69, 9.17) is 40.4 Å². The smallest absolute Gasteiger partial charge is 0.382 e. The number of nitrogen functional groups attached to an aromatic ring is 1. The fraction of sp³-hybridized carbons (Fsp3) is 0.565. The average molecular weight is 679 g/mol. The van der Waals surface area contributed by atoms with Gasteiger partial charge in [-0.15, -0.1) is 9.05 Å². The van der Waals surface area contributed by atoms with Crippen molar-refractivity contribution in [1.82, 2.24) is 34.5 Å². The maximum absolute atomic E-state index is 13.1. The second-order valence-electron chi connectivity index (χ2n) is 11.3. The lowest BCUT2D eigenvalue weighted by molar-refractivity contribution is -0.0402. The molecule has 3 unspecified atom stereocenters. The van der Waals surface area contributed by atoms with E-state index < -0.39 is 39.5 Å². The zero-order valence-electron chi connectivity index (χ0n) is 23.4. The molecule has 8 rings (SSSR count). The molecule has 1 aliphatic carbocycles. The summed E-state index contributed by atoms with van der Waals surface area (Å²) in [5.74, 6) is -0.180. The molecule has 0 bridgehead atoms. The second-order valence-corrected chi connectivity index (χ2v) is 15.1. The molecule has 3 fully saturated rings. The molecule has 45 heavy (non-hydrogen) atoms. The Morgan fingerprint density at radius 2 is 1.98 bits per heavy atom. The number of ether oxygens (including phenoxy) is 1. The summed E-state index contributed by atoms with van der Waals surface area (Å²) in [6.07, 6.45) is 2.75. The molecule has 0 radical (unpaired) electrons. The number of anilines is 1. The maximum atomic E-state index is 13.1. The molecular formula is C23H26N11O8P2S+. The van der Waals surface area contributed by atoms with Crippen LogP contribution in [-0.2, 0) is 39.2 Å². The third kappa shape index (κ3) is 4.92. The highest BCUT2D eigenvalue weighted by atomic mass is 32.5. The first-order valence-corrected chi connectivity index (χ1v) is 17.7. The van der Waals surface area contributed by atoms with Gasteiger partial charge < -0.3 is 29.0 Å². The molecule has 19 nitrogen and oxygen atoms in total. The van der Waals surface area contributed by atoms with E-state index >= 15 is 0 Å². The summed E-state index contributed by atoms with van der Waals surface area (Å²) in [6, 6.07) is -1.05. The minimum atomic E-state index is -3.76. The number of carbonyl (C=O) groups is 1. The van der Waals surface area contributed by atoms with Crippen molar-refractivity contribution < 1.29 is 37.1 Å². The summed E-state index contributed by atoms with van der Waals surface area (Å²) >= 11 is 5.35. The standard InChI is InChI=1S/C23H25N11O8P2S/c1-9-18-13(41-23(9)34-8-28-16-19(24)25-6-26-21(16)34)5-40-44(37,45)39-4-11-10(3-38-43(36)42-18)2-12(11)33-7-27-15-17(35)14-20(29-22(15)33)31-32-30-14/h6-14,18,23H,2-5H2,1H3,(H3-,24,25,26,29,30,31,35,37,45)/p+1/t9-,10-,11-,12-,13-,14?,18+,23-,44?/m1/s1. The molecule has 236 valence electrons. The Labute approximate surface area is 259 Å². The third-order valence-corrected chi connectivity index (χ3v) is 11.2.